The van der Waals surface area contributed by atoms with Gasteiger partial charge in [0, 0.05) is 11.6 Å². The van der Waals surface area contributed by atoms with Crippen LogP contribution in [0.15, 0.2) is 29.1 Å². The van der Waals surface area contributed by atoms with Crippen molar-refractivity contribution < 1.29 is 14.6 Å². The number of carbonyl (C=O) groups excluding carboxylic acids is 1. The SMILES string of the molecule is COc1ccc(C(=O)c2c(C)c(C#N)c(=O)n(C(C)C)c2O)cc1. The van der Waals surface area contributed by atoms with E-state index in [9.17, 15) is 20.0 Å². The standard InChI is InChI=1S/C18H18N2O4/c1-10(2)20-17(22)14(9-19)11(3)15(18(20)23)16(21)12-5-7-13(24-4)8-6-12/h5-8,10,23H,1-4H3. The van der Waals surface area contributed by atoms with E-state index in [4.69, 9.17) is 4.74 Å². The molecular weight excluding hydrogens is 308 g/mol. The lowest BCUT2D eigenvalue weighted by atomic mass is 9.97. The Morgan fingerprint density at radius 2 is 1.88 bits per heavy atom. The summed E-state index contributed by atoms with van der Waals surface area (Å²) in [5.41, 5.74) is -0.276. The van der Waals surface area contributed by atoms with Gasteiger partial charge < -0.3 is 9.84 Å². The van der Waals surface area contributed by atoms with E-state index in [-0.39, 0.29) is 16.7 Å². The average molecular weight is 326 g/mol. The summed E-state index contributed by atoms with van der Waals surface area (Å²) in [4.78, 5) is 25.1. The van der Waals surface area contributed by atoms with Gasteiger partial charge in [-0.25, -0.2) is 0 Å². The lowest BCUT2D eigenvalue weighted by molar-refractivity contribution is 0.103. The highest BCUT2D eigenvalue weighted by Crippen LogP contribution is 2.27. The van der Waals surface area contributed by atoms with Crippen LogP contribution in [0, 0.1) is 18.3 Å². The molecule has 0 radical (unpaired) electrons. The molecule has 1 aromatic carbocycles. The summed E-state index contributed by atoms with van der Waals surface area (Å²) in [5.74, 6) is -0.289. The molecule has 0 aliphatic rings. The van der Waals surface area contributed by atoms with Gasteiger partial charge in [-0.05, 0) is 50.6 Å². The molecule has 0 fully saturated rings. The molecule has 0 aliphatic heterocycles. The molecule has 0 atom stereocenters. The average Bonchev–Trinajstić information content (AvgIpc) is 2.54. The molecule has 0 spiro atoms. The number of methoxy groups -OCH3 is 1. The van der Waals surface area contributed by atoms with Crippen molar-refractivity contribution >= 4 is 5.78 Å². The van der Waals surface area contributed by atoms with Crippen LogP contribution in [0.5, 0.6) is 11.6 Å². The second kappa shape index (κ2) is 6.59. The number of ether oxygens (including phenoxy) is 1. The molecule has 0 aliphatic carbocycles. The Bertz CT molecular complexity index is 887. The van der Waals surface area contributed by atoms with E-state index >= 15 is 0 Å². The van der Waals surface area contributed by atoms with Gasteiger partial charge in [-0.1, -0.05) is 0 Å². The fraction of sp³-hybridized carbons (Fsp3) is 0.278. The maximum absolute atomic E-state index is 12.8. The molecule has 24 heavy (non-hydrogen) atoms. The smallest absolute Gasteiger partial charge is 0.271 e. The highest BCUT2D eigenvalue weighted by molar-refractivity contribution is 6.11. The Morgan fingerprint density at radius 1 is 1.29 bits per heavy atom. The summed E-state index contributed by atoms with van der Waals surface area (Å²) in [6, 6.07) is 7.83. The topological polar surface area (TPSA) is 92.3 Å². The summed E-state index contributed by atoms with van der Waals surface area (Å²) >= 11 is 0. The Kier molecular flexibility index (Phi) is 4.74. The Labute approximate surface area is 139 Å². The lowest BCUT2D eigenvalue weighted by Crippen LogP contribution is -2.28. The van der Waals surface area contributed by atoms with Crippen LogP contribution in [0.4, 0.5) is 0 Å². The number of hydrogen-bond donors (Lipinski definition) is 1. The zero-order chi connectivity index (χ0) is 18.0. The zero-order valence-corrected chi connectivity index (χ0v) is 14.0. The molecule has 0 amide bonds. The molecule has 0 saturated heterocycles. The van der Waals surface area contributed by atoms with Crippen molar-refractivity contribution in [2.75, 3.05) is 7.11 Å². The van der Waals surface area contributed by atoms with Crippen LogP contribution < -0.4 is 10.3 Å². The predicted octanol–water partition coefficient (Wildman–Crippen LogP) is 2.55. The quantitative estimate of drug-likeness (QED) is 0.872. The van der Waals surface area contributed by atoms with Gasteiger partial charge in [-0.3, -0.25) is 14.2 Å². The van der Waals surface area contributed by atoms with E-state index in [2.05, 4.69) is 0 Å². The fourth-order valence-corrected chi connectivity index (χ4v) is 2.56. The van der Waals surface area contributed by atoms with Gasteiger partial charge in [-0.2, -0.15) is 5.26 Å². The summed E-state index contributed by atoms with van der Waals surface area (Å²) in [6.07, 6.45) is 0. The van der Waals surface area contributed by atoms with E-state index < -0.39 is 23.3 Å². The van der Waals surface area contributed by atoms with Crippen molar-refractivity contribution in [3.63, 3.8) is 0 Å². The van der Waals surface area contributed by atoms with Crippen molar-refractivity contribution in [3.8, 4) is 17.7 Å². The highest BCUT2D eigenvalue weighted by atomic mass is 16.5. The Hall–Kier alpha value is -3.07. The molecular formula is C18H18N2O4. The summed E-state index contributed by atoms with van der Waals surface area (Å²) in [6.45, 7) is 4.87. The third kappa shape index (κ3) is 2.76. The van der Waals surface area contributed by atoms with Crippen molar-refractivity contribution in [3.05, 3.63) is 56.9 Å². The molecule has 1 heterocycles. The third-order valence-corrected chi connectivity index (χ3v) is 3.84. The molecule has 0 unspecified atom stereocenters. The second-order valence-corrected chi connectivity index (χ2v) is 5.64. The minimum Gasteiger partial charge on any atom is -0.497 e. The van der Waals surface area contributed by atoms with Crippen LogP contribution in [-0.4, -0.2) is 22.6 Å². The molecule has 1 N–H and O–H groups in total. The highest BCUT2D eigenvalue weighted by Gasteiger charge is 2.25. The number of nitriles is 1. The number of aromatic nitrogens is 1. The maximum Gasteiger partial charge on any atom is 0.271 e. The van der Waals surface area contributed by atoms with Gasteiger partial charge in [-0.15, -0.1) is 0 Å². The Balaban J connectivity index is 2.73. The number of carbonyl (C=O) groups is 1. The van der Waals surface area contributed by atoms with Gasteiger partial charge in [0.2, 0.25) is 5.88 Å². The van der Waals surface area contributed by atoms with Crippen molar-refractivity contribution in [2.24, 2.45) is 0 Å². The van der Waals surface area contributed by atoms with E-state index in [1.807, 2.05) is 6.07 Å². The minimum absolute atomic E-state index is 0.0370. The summed E-state index contributed by atoms with van der Waals surface area (Å²) in [5, 5.41) is 19.8. The number of hydrogen-bond acceptors (Lipinski definition) is 5. The molecule has 2 aromatic rings. The summed E-state index contributed by atoms with van der Waals surface area (Å²) in [7, 11) is 1.52. The normalized spacial score (nSPS) is 10.5. The first kappa shape index (κ1) is 17.3. The Morgan fingerprint density at radius 3 is 2.33 bits per heavy atom. The molecule has 124 valence electrons. The molecule has 1 aromatic heterocycles. The number of rotatable bonds is 4. The monoisotopic (exact) mass is 326 g/mol. The minimum atomic E-state index is -0.603. The lowest BCUT2D eigenvalue weighted by Gasteiger charge is -2.18. The summed E-state index contributed by atoms with van der Waals surface area (Å²) < 4.78 is 6.11. The first-order valence-corrected chi connectivity index (χ1v) is 7.40. The number of pyridine rings is 1. The van der Waals surface area contributed by atoms with E-state index in [1.54, 1.807) is 38.1 Å². The number of ketones is 1. The van der Waals surface area contributed by atoms with Gasteiger partial charge in [0.1, 0.15) is 17.4 Å². The van der Waals surface area contributed by atoms with Gasteiger partial charge >= 0.3 is 0 Å². The molecule has 0 saturated carbocycles. The van der Waals surface area contributed by atoms with Gasteiger partial charge in [0.05, 0.1) is 12.7 Å². The molecule has 2 rings (SSSR count). The van der Waals surface area contributed by atoms with Gasteiger partial charge in [0.15, 0.2) is 5.78 Å². The van der Waals surface area contributed by atoms with Crippen LogP contribution in [0.25, 0.3) is 0 Å². The van der Waals surface area contributed by atoms with E-state index in [1.165, 1.54) is 14.0 Å². The molecule has 6 nitrogen and oxygen atoms in total. The maximum atomic E-state index is 12.8. The van der Waals surface area contributed by atoms with Crippen LogP contribution in [-0.2, 0) is 0 Å². The van der Waals surface area contributed by atoms with Crippen LogP contribution in [0.2, 0.25) is 0 Å². The predicted molar refractivity (Wildman–Crippen MR) is 88.6 cm³/mol. The van der Waals surface area contributed by atoms with Crippen molar-refractivity contribution in [1.29, 1.82) is 5.26 Å². The van der Waals surface area contributed by atoms with E-state index in [0.29, 0.717) is 11.3 Å². The van der Waals surface area contributed by atoms with Crippen LogP contribution in [0.3, 0.4) is 0 Å². The molecule has 6 heteroatoms. The first-order valence-electron chi connectivity index (χ1n) is 7.40. The largest absolute Gasteiger partial charge is 0.497 e. The van der Waals surface area contributed by atoms with Gasteiger partial charge in [0.25, 0.3) is 5.56 Å². The van der Waals surface area contributed by atoms with E-state index in [0.717, 1.165) is 4.57 Å². The van der Waals surface area contributed by atoms with Crippen molar-refractivity contribution in [2.45, 2.75) is 26.8 Å². The first-order chi connectivity index (χ1) is 11.3. The van der Waals surface area contributed by atoms with Crippen LogP contribution in [0.1, 0.15) is 46.9 Å². The second-order valence-electron chi connectivity index (χ2n) is 5.64. The zero-order valence-electron chi connectivity index (χ0n) is 14.0. The number of aromatic hydroxyl groups is 1. The number of benzene rings is 1. The van der Waals surface area contributed by atoms with Crippen LogP contribution >= 0.6 is 0 Å². The van der Waals surface area contributed by atoms with Crippen molar-refractivity contribution in [1.82, 2.24) is 4.57 Å². The number of nitrogens with zero attached hydrogens (tertiary/aromatic N) is 2. The molecule has 0 bridgehead atoms. The third-order valence-electron chi connectivity index (χ3n) is 3.84. The fourth-order valence-electron chi connectivity index (χ4n) is 2.56.